The van der Waals surface area contributed by atoms with Crippen molar-refractivity contribution < 1.29 is 14.3 Å². The van der Waals surface area contributed by atoms with Crippen LogP contribution in [0, 0.1) is 6.92 Å². The fourth-order valence-corrected chi connectivity index (χ4v) is 4.14. The van der Waals surface area contributed by atoms with Crippen molar-refractivity contribution in [3.63, 3.8) is 0 Å². The second kappa shape index (κ2) is 7.46. The van der Waals surface area contributed by atoms with Gasteiger partial charge in [0.1, 0.15) is 6.04 Å². The van der Waals surface area contributed by atoms with Crippen LogP contribution in [0.5, 0.6) is 11.5 Å². The molecule has 1 N–H and O–H groups in total. The Morgan fingerprint density at radius 1 is 1.16 bits per heavy atom. The van der Waals surface area contributed by atoms with Crippen molar-refractivity contribution >= 4 is 22.5 Å². The van der Waals surface area contributed by atoms with Crippen molar-refractivity contribution in [2.75, 3.05) is 6.79 Å². The van der Waals surface area contributed by atoms with Crippen LogP contribution in [0.1, 0.15) is 30.6 Å². The number of rotatable bonds is 5. The Morgan fingerprint density at radius 2 is 1.97 bits per heavy atom. The van der Waals surface area contributed by atoms with Gasteiger partial charge >= 0.3 is 0 Å². The molecule has 0 aliphatic carbocycles. The lowest BCUT2D eigenvalue weighted by Gasteiger charge is -2.20. The van der Waals surface area contributed by atoms with Crippen molar-refractivity contribution in [2.45, 2.75) is 32.9 Å². The topological polar surface area (TPSA) is 86.9 Å². The summed E-state index contributed by atoms with van der Waals surface area (Å²) in [6, 6.07) is 14.3. The van der Waals surface area contributed by atoms with Crippen LogP contribution in [0.15, 0.2) is 53.3 Å². The third-order valence-corrected chi connectivity index (χ3v) is 5.58. The lowest BCUT2D eigenvalue weighted by atomic mass is 10.1. The quantitative estimate of drug-likeness (QED) is 0.539. The molecular weight excluding hydrogens is 396 g/mol. The summed E-state index contributed by atoms with van der Waals surface area (Å²) >= 11 is 0. The largest absolute Gasteiger partial charge is 0.454 e. The maximum Gasteiger partial charge on any atom is 0.273 e. The molecule has 0 spiro atoms. The molecule has 3 heterocycles. The number of nitrogens with zero attached hydrogens (tertiary/aromatic N) is 3. The van der Waals surface area contributed by atoms with Crippen molar-refractivity contribution in [3.05, 3.63) is 70.1 Å². The van der Waals surface area contributed by atoms with Crippen LogP contribution in [0.2, 0.25) is 0 Å². The number of carbonyl (C=O) groups excluding carboxylic acids is 1. The van der Waals surface area contributed by atoms with Gasteiger partial charge in [0.25, 0.3) is 5.56 Å². The smallest absolute Gasteiger partial charge is 0.273 e. The van der Waals surface area contributed by atoms with Gasteiger partial charge in [-0.25, -0.2) is 4.52 Å². The van der Waals surface area contributed by atoms with Crippen LogP contribution in [-0.2, 0) is 11.3 Å². The molecule has 1 atom stereocenters. The first-order chi connectivity index (χ1) is 15.1. The molecule has 2 aromatic carbocycles. The van der Waals surface area contributed by atoms with E-state index in [1.807, 2.05) is 65.5 Å². The van der Waals surface area contributed by atoms with E-state index < -0.39 is 6.04 Å². The van der Waals surface area contributed by atoms with E-state index in [0.717, 1.165) is 22.2 Å². The lowest BCUT2D eigenvalue weighted by Crippen LogP contribution is -2.34. The van der Waals surface area contributed by atoms with E-state index >= 15 is 0 Å². The van der Waals surface area contributed by atoms with E-state index in [-0.39, 0.29) is 18.3 Å². The van der Waals surface area contributed by atoms with Crippen LogP contribution in [0.4, 0.5) is 0 Å². The van der Waals surface area contributed by atoms with Gasteiger partial charge in [-0.1, -0.05) is 25.1 Å². The number of ether oxygens (including phenoxy) is 2. The molecular formula is C23H22N4O4. The maximum absolute atomic E-state index is 13.3. The van der Waals surface area contributed by atoms with E-state index in [1.54, 1.807) is 0 Å². The molecule has 1 aliphatic rings. The van der Waals surface area contributed by atoms with E-state index in [0.29, 0.717) is 30.1 Å². The lowest BCUT2D eigenvalue weighted by molar-refractivity contribution is -0.124. The summed E-state index contributed by atoms with van der Waals surface area (Å²) in [5.41, 5.74) is 2.78. The monoisotopic (exact) mass is 418 g/mol. The molecule has 0 unspecified atom stereocenters. The number of amides is 1. The third kappa shape index (κ3) is 3.20. The van der Waals surface area contributed by atoms with Gasteiger partial charge in [-0.2, -0.15) is 4.98 Å². The van der Waals surface area contributed by atoms with E-state index in [4.69, 9.17) is 9.47 Å². The Balaban J connectivity index is 1.51. The minimum atomic E-state index is -0.473. The van der Waals surface area contributed by atoms with Gasteiger partial charge in [0.15, 0.2) is 17.1 Å². The molecule has 1 amide bonds. The zero-order valence-electron chi connectivity index (χ0n) is 17.3. The fourth-order valence-electron chi connectivity index (χ4n) is 4.14. The summed E-state index contributed by atoms with van der Waals surface area (Å²) < 4.78 is 14.6. The average Bonchev–Trinajstić information content (AvgIpc) is 3.36. The summed E-state index contributed by atoms with van der Waals surface area (Å²) in [5, 5.41) is 3.88. The molecule has 8 heteroatoms. The van der Waals surface area contributed by atoms with E-state index in [2.05, 4.69) is 10.3 Å². The minimum Gasteiger partial charge on any atom is -0.454 e. The highest BCUT2D eigenvalue weighted by atomic mass is 16.7. The maximum atomic E-state index is 13.3. The predicted octanol–water partition coefficient (Wildman–Crippen LogP) is 2.95. The highest BCUT2D eigenvalue weighted by Gasteiger charge is 2.25. The van der Waals surface area contributed by atoms with Gasteiger partial charge in [0, 0.05) is 23.7 Å². The molecule has 2 aromatic heterocycles. The van der Waals surface area contributed by atoms with E-state index in [1.165, 1.54) is 6.07 Å². The zero-order chi connectivity index (χ0) is 21.5. The summed E-state index contributed by atoms with van der Waals surface area (Å²) in [4.78, 5) is 29.5. The summed E-state index contributed by atoms with van der Waals surface area (Å²) in [7, 11) is 0. The molecule has 0 saturated carbocycles. The Morgan fingerprint density at radius 3 is 2.81 bits per heavy atom. The minimum absolute atomic E-state index is 0.110. The Labute approximate surface area is 178 Å². The fraction of sp³-hybridized carbons (Fsp3) is 0.261. The first kappa shape index (κ1) is 19.2. The number of para-hydroxylation sites is 1. The molecule has 158 valence electrons. The standard InChI is InChI=1S/C23H22N4O4/c1-3-17(23(29)24-12-15-8-9-19-20(11-15)31-13-30-19)27-18-7-5-4-6-16(18)22-25-21(28)10-14(2)26(22)27/h4-11,17H,3,12-13H2,1-2H3,(H,24,29)/t17-/m1/s1. The highest BCUT2D eigenvalue weighted by Crippen LogP contribution is 2.32. The molecule has 0 radical (unpaired) electrons. The number of aromatic nitrogens is 3. The average molecular weight is 418 g/mol. The van der Waals surface area contributed by atoms with Gasteiger partial charge in [0.05, 0.1) is 5.52 Å². The third-order valence-electron chi connectivity index (χ3n) is 5.58. The predicted molar refractivity (Wildman–Crippen MR) is 115 cm³/mol. The zero-order valence-corrected chi connectivity index (χ0v) is 17.3. The normalized spacial score (nSPS) is 13.6. The highest BCUT2D eigenvalue weighted by molar-refractivity contribution is 5.94. The van der Waals surface area contributed by atoms with Crippen LogP contribution in [0.3, 0.4) is 0 Å². The molecule has 8 nitrogen and oxygen atoms in total. The van der Waals surface area contributed by atoms with Crippen LogP contribution < -0.4 is 20.3 Å². The molecule has 0 bridgehead atoms. The van der Waals surface area contributed by atoms with E-state index in [9.17, 15) is 9.59 Å². The van der Waals surface area contributed by atoms with Crippen molar-refractivity contribution in [1.29, 1.82) is 0 Å². The number of carbonyl (C=O) groups is 1. The number of nitrogens with one attached hydrogen (secondary N) is 1. The summed E-state index contributed by atoms with van der Waals surface area (Å²) in [5.74, 6) is 1.29. The van der Waals surface area contributed by atoms with Crippen LogP contribution >= 0.6 is 0 Å². The van der Waals surface area contributed by atoms with Gasteiger partial charge in [-0.05, 0) is 43.2 Å². The Kier molecular flexibility index (Phi) is 4.62. The van der Waals surface area contributed by atoms with Gasteiger partial charge in [-0.3, -0.25) is 14.3 Å². The number of fused-ring (bicyclic) bond motifs is 4. The first-order valence-electron chi connectivity index (χ1n) is 10.2. The van der Waals surface area contributed by atoms with Gasteiger partial charge in [-0.15, -0.1) is 0 Å². The van der Waals surface area contributed by atoms with Gasteiger partial charge < -0.3 is 14.8 Å². The second-order valence-corrected chi connectivity index (χ2v) is 7.56. The van der Waals surface area contributed by atoms with Crippen molar-refractivity contribution in [3.8, 4) is 11.5 Å². The van der Waals surface area contributed by atoms with Crippen molar-refractivity contribution in [1.82, 2.24) is 19.5 Å². The summed E-state index contributed by atoms with van der Waals surface area (Å²) in [6.07, 6.45) is 0.576. The molecule has 5 rings (SSSR count). The number of hydrogen-bond donors (Lipinski definition) is 1. The SMILES string of the molecule is CC[C@H](C(=O)NCc1ccc2c(c1)OCO2)n1c2ccccc2c2nc(=O)cc(C)n21. The van der Waals surface area contributed by atoms with Crippen LogP contribution in [0.25, 0.3) is 16.6 Å². The van der Waals surface area contributed by atoms with Crippen LogP contribution in [-0.4, -0.2) is 26.9 Å². The number of benzene rings is 2. The van der Waals surface area contributed by atoms with Gasteiger partial charge in [0.2, 0.25) is 12.7 Å². The molecule has 0 fully saturated rings. The van der Waals surface area contributed by atoms with Crippen molar-refractivity contribution in [2.24, 2.45) is 0 Å². The number of hydrogen-bond acceptors (Lipinski definition) is 5. The first-order valence-corrected chi connectivity index (χ1v) is 10.2. The molecule has 0 saturated heterocycles. The Bertz CT molecular complexity index is 1370. The molecule has 31 heavy (non-hydrogen) atoms. The second-order valence-electron chi connectivity index (χ2n) is 7.56. The molecule has 1 aliphatic heterocycles. The summed E-state index contributed by atoms with van der Waals surface area (Å²) in [6.45, 7) is 4.40. The molecule has 4 aromatic rings. The Hall–Kier alpha value is -3.81. The number of aryl methyl sites for hydroxylation is 1.